The molecule has 5 heteroatoms. The highest BCUT2D eigenvalue weighted by molar-refractivity contribution is 5.94. The van der Waals surface area contributed by atoms with E-state index in [1.54, 1.807) is 0 Å². The molecule has 2 aromatic heterocycles. The Morgan fingerprint density at radius 1 is 1.04 bits per heavy atom. The van der Waals surface area contributed by atoms with Crippen molar-refractivity contribution in [3.8, 4) is 0 Å². The first kappa shape index (κ1) is 13.9. The average molecular weight is 306 g/mol. The number of carbonyl (C=O) groups excluding carboxylic acids is 1. The molecule has 1 fully saturated rings. The summed E-state index contributed by atoms with van der Waals surface area (Å²) in [5.41, 5.74) is 1.60. The van der Waals surface area contributed by atoms with E-state index in [0.29, 0.717) is 6.54 Å². The van der Waals surface area contributed by atoms with Crippen LogP contribution in [0.5, 0.6) is 0 Å². The SMILES string of the molecule is O=C(c1ccccc1)N1CCCC(c2nnc3ccccn23)C1. The summed E-state index contributed by atoms with van der Waals surface area (Å²) < 4.78 is 2.03. The van der Waals surface area contributed by atoms with Gasteiger partial charge in [0.15, 0.2) is 5.65 Å². The maximum absolute atomic E-state index is 12.7. The summed E-state index contributed by atoms with van der Waals surface area (Å²) in [7, 11) is 0. The molecule has 1 aliphatic rings. The average Bonchev–Trinajstić information content (AvgIpc) is 3.06. The van der Waals surface area contributed by atoms with Crippen LogP contribution in [-0.2, 0) is 0 Å². The van der Waals surface area contributed by atoms with Crippen molar-refractivity contribution in [2.75, 3.05) is 13.1 Å². The van der Waals surface area contributed by atoms with Crippen LogP contribution in [0, 0.1) is 0 Å². The van der Waals surface area contributed by atoms with Crippen LogP contribution in [0.4, 0.5) is 0 Å². The lowest BCUT2D eigenvalue weighted by molar-refractivity contribution is 0.0704. The molecule has 3 heterocycles. The summed E-state index contributed by atoms with van der Waals surface area (Å²) in [5.74, 6) is 1.28. The van der Waals surface area contributed by atoms with Gasteiger partial charge in [0.05, 0.1) is 0 Å². The fourth-order valence-corrected chi connectivity index (χ4v) is 3.27. The zero-order valence-electron chi connectivity index (χ0n) is 12.8. The third kappa shape index (κ3) is 2.59. The molecular weight excluding hydrogens is 288 g/mol. The van der Waals surface area contributed by atoms with Gasteiger partial charge in [0.2, 0.25) is 0 Å². The van der Waals surface area contributed by atoms with Crippen molar-refractivity contribution in [2.45, 2.75) is 18.8 Å². The van der Waals surface area contributed by atoms with E-state index in [1.165, 1.54) is 0 Å². The Bertz CT molecular complexity index is 827. The summed E-state index contributed by atoms with van der Waals surface area (Å²) in [4.78, 5) is 14.6. The van der Waals surface area contributed by atoms with Crippen molar-refractivity contribution in [1.82, 2.24) is 19.5 Å². The Morgan fingerprint density at radius 3 is 2.74 bits per heavy atom. The van der Waals surface area contributed by atoms with Gasteiger partial charge in [-0.2, -0.15) is 0 Å². The Kier molecular flexibility index (Phi) is 3.54. The lowest BCUT2D eigenvalue weighted by atomic mass is 9.96. The summed E-state index contributed by atoms with van der Waals surface area (Å²) >= 11 is 0. The van der Waals surface area contributed by atoms with Crippen LogP contribution in [0.15, 0.2) is 54.7 Å². The van der Waals surface area contributed by atoms with E-state index in [2.05, 4.69) is 10.2 Å². The maximum atomic E-state index is 12.7. The highest BCUT2D eigenvalue weighted by atomic mass is 16.2. The largest absolute Gasteiger partial charge is 0.338 e. The van der Waals surface area contributed by atoms with E-state index in [1.807, 2.05) is 64.0 Å². The molecule has 0 aliphatic carbocycles. The molecule has 0 N–H and O–H groups in total. The molecule has 1 amide bonds. The summed E-state index contributed by atoms with van der Waals surface area (Å²) in [6.07, 6.45) is 4.02. The molecular formula is C18H18N4O. The molecule has 23 heavy (non-hydrogen) atoms. The zero-order valence-corrected chi connectivity index (χ0v) is 12.8. The fourth-order valence-electron chi connectivity index (χ4n) is 3.27. The first-order valence-electron chi connectivity index (χ1n) is 7.97. The second kappa shape index (κ2) is 5.83. The number of fused-ring (bicyclic) bond motifs is 1. The quantitative estimate of drug-likeness (QED) is 0.731. The van der Waals surface area contributed by atoms with Crippen LogP contribution in [0.1, 0.15) is 34.9 Å². The van der Waals surface area contributed by atoms with Gasteiger partial charge >= 0.3 is 0 Å². The third-order valence-corrected chi connectivity index (χ3v) is 4.43. The maximum Gasteiger partial charge on any atom is 0.253 e. The van der Waals surface area contributed by atoms with Crippen molar-refractivity contribution in [3.05, 3.63) is 66.1 Å². The van der Waals surface area contributed by atoms with E-state index in [-0.39, 0.29) is 11.8 Å². The van der Waals surface area contributed by atoms with Crippen LogP contribution >= 0.6 is 0 Å². The third-order valence-electron chi connectivity index (χ3n) is 4.43. The monoisotopic (exact) mass is 306 g/mol. The molecule has 1 saturated heterocycles. The Hall–Kier alpha value is -2.69. The molecule has 0 bridgehead atoms. The van der Waals surface area contributed by atoms with E-state index in [9.17, 15) is 4.79 Å². The summed E-state index contributed by atoms with van der Waals surface area (Å²) in [6.45, 7) is 1.50. The number of carbonyl (C=O) groups is 1. The number of rotatable bonds is 2. The van der Waals surface area contributed by atoms with Crippen molar-refractivity contribution in [3.63, 3.8) is 0 Å². The van der Waals surface area contributed by atoms with Crippen LogP contribution in [0.25, 0.3) is 5.65 Å². The lowest BCUT2D eigenvalue weighted by Gasteiger charge is -2.32. The van der Waals surface area contributed by atoms with Crippen molar-refractivity contribution < 1.29 is 4.79 Å². The van der Waals surface area contributed by atoms with Gasteiger partial charge in [0.1, 0.15) is 5.82 Å². The highest BCUT2D eigenvalue weighted by Crippen LogP contribution is 2.26. The topological polar surface area (TPSA) is 50.5 Å². The highest BCUT2D eigenvalue weighted by Gasteiger charge is 2.28. The summed E-state index contributed by atoms with van der Waals surface area (Å²) in [6, 6.07) is 15.4. The predicted octanol–water partition coefficient (Wildman–Crippen LogP) is 2.75. The number of piperidine rings is 1. The number of nitrogens with zero attached hydrogens (tertiary/aromatic N) is 4. The zero-order chi connectivity index (χ0) is 15.6. The Balaban J connectivity index is 1.59. The molecule has 1 atom stereocenters. The van der Waals surface area contributed by atoms with Gasteiger partial charge in [-0.3, -0.25) is 9.20 Å². The minimum Gasteiger partial charge on any atom is -0.338 e. The second-order valence-electron chi connectivity index (χ2n) is 5.94. The van der Waals surface area contributed by atoms with E-state index in [4.69, 9.17) is 0 Å². The molecule has 1 aliphatic heterocycles. The van der Waals surface area contributed by atoms with Crippen LogP contribution in [0.3, 0.4) is 0 Å². The van der Waals surface area contributed by atoms with Crippen LogP contribution in [0.2, 0.25) is 0 Å². The molecule has 4 rings (SSSR count). The Labute approximate surface area is 134 Å². The number of aromatic nitrogens is 3. The number of likely N-dealkylation sites (tertiary alicyclic amines) is 1. The van der Waals surface area contributed by atoms with Gasteiger partial charge in [-0.1, -0.05) is 24.3 Å². The normalized spacial score (nSPS) is 18.3. The number of benzene rings is 1. The van der Waals surface area contributed by atoms with E-state index < -0.39 is 0 Å². The second-order valence-corrected chi connectivity index (χ2v) is 5.94. The minimum atomic E-state index is 0.101. The van der Waals surface area contributed by atoms with Gasteiger partial charge in [-0.25, -0.2) is 0 Å². The Morgan fingerprint density at radius 2 is 1.87 bits per heavy atom. The number of hydrogen-bond donors (Lipinski definition) is 0. The first-order valence-corrected chi connectivity index (χ1v) is 7.97. The minimum absolute atomic E-state index is 0.101. The van der Waals surface area contributed by atoms with Gasteiger partial charge in [-0.15, -0.1) is 10.2 Å². The van der Waals surface area contributed by atoms with Crippen molar-refractivity contribution >= 4 is 11.6 Å². The molecule has 5 nitrogen and oxygen atoms in total. The fraction of sp³-hybridized carbons (Fsp3) is 0.278. The molecule has 0 radical (unpaired) electrons. The van der Waals surface area contributed by atoms with Crippen molar-refractivity contribution in [1.29, 1.82) is 0 Å². The molecule has 0 saturated carbocycles. The van der Waals surface area contributed by atoms with Crippen LogP contribution < -0.4 is 0 Å². The van der Waals surface area contributed by atoms with Gasteiger partial charge in [0.25, 0.3) is 5.91 Å². The van der Waals surface area contributed by atoms with E-state index >= 15 is 0 Å². The predicted molar refractivity (Wildman–Crippen MR) is 87.3 cm³/mol. The number of pyridine rings is 1. The van der Waals surface area contributed by atoms with Crippen LogP contribution in [-0.4, -0.2) is 38.5 Å². The van der Waals surface area contributed by atoms with Crippen molar-refractivity contribution in [2.24, 2.45) is 0 Å². The smallest absolute Gasteiger partial charge is 0.253 e. The molecule has 1 unspecified atom stereocenters. The lowest BCUT2D eigenvalue weighted by Crippen LogP contribution is -2.39. The van der Waals surface area contributed by atoms with E-state index in [0.717, 1.165) is 36.4 Å². The number of hydrogen-bond acceptors (Lipinski definition) is 3. The molecule has 1 aromatic carbocycles. The molecule has 116 valence electrons. The van der Waals surface area contributed by atoms with Gasteiger partial charge in [0, 0.05) is 30.8 Å². The van der Waals surface area contributed by atoms with Gasteiger partial charge in [-0.05, 0) is 37.1 Å². The first-order chi connectivity index (χ1) is 11.3. The standard InChI is InChI=1S/C18H18N4O/c23-18(14-7-2-1-3-8-14)21-11-6-9-15(13-21)17-20-19-16-10-4-5-12-22(16)17/h1-5,7-8,10,12,15H,6,9,11,13H2. The summed E-state index contributed by atoms with van der Waals surface area (Å²) in [5, 5.41) is 8.59. The molecule has 0 spiro atoms. The number of amides is 1. The van der Waals surface area contributed by atoms with Gasteiger partial charge < -0.3 is 4.90 Å². The molecule has 3 aromatic rings.